The van der Waals surface area contributed by atoms with Gasteiger partial charge in [0.1, 0.15) is 0 Å². The van der Waals surface area contributed by atoms with Crippen molar-refractivity contribution in [3.05, 3.63) is 11.6 Å². The number of oxime groups is 1. The minimum absolute atomic E-state index is 0.235. The number of carbonyl (C=O) groups is 1. The van der Waals surface area contributed by atoms with E-state index >= 15 is 0 Å². The van der Waals surface area contributed by atoms with Gasteiger partial charge in [0, 0.05) is 31.6 Å². The zero-order valence-electron chi connectivity index (χ0n) is 23.0. The second-order valence-electron chi connectivity index (χ2n) is 12.6. The van der Waals surface area contributed by atoms with E-state index in [1.807, 2.05) is 6.92 Å². The summed E-state index contributed by atoms with van der Waals surface area (Å²) in [5.74, 6) is 2.60. The molecule has 1 amide bonds. The fraction of sp³-hybridized carbons (Fsp3) is 0.862. The number of rotatable bonds is 7. The van der Waals surface area contributed by atoms with E-state index in [-0.39, 0.29) is 23.0 Å². The number of likely N-dealkylation sites (N-methyl/N-ethyl adjacent to an activating group) is 1. The third-order valence-electron chi connectivity index (χ3n) is 10.4. The predicted molar refractivity (Wildman–Crippen MR) is 141 cm³/mol. The molecular formula is C29H49N3O3. The third-order valence-corrected chi connectivity index (χ3v) is 10.4. The zero-order valence-corrected chi connectivity index (χ0v) is 23.0. The van der Waals surface area contributed by atoms with Crippen LogP contribution in [0.5, 0.6) is 0 Å². The van der Waals surface area contributed by atoms with Crippen molar-refractivity contribution >= 4 is 11.8 Å². The lowest BCUT2D eigenvalue weighted by molar-refractivity contribution is -0.0479. The van der Waals surface area contributed by atoms with Crippen LogP contribution in [0.25, 0.3) is 0 Å². The van der Waals surface area contributed by atoms with Crippen LogP contribution in [-0.4, -0.2) is 53.6 Å². The highest BCUT2D eigenvalue weighted by Gasteiger charge is 2.59. The van der Waals surface area contributed by atoms with Crippen molar-refractivity contribution in [1.29, 1.82) is 0 Å². The van der Waals surface area contributed by atoms with Gasteiger partial charge < -0.3 is 15.3 Å². The molecule has 3 saturated carbocycles. The summed E-state index contributed by atoms with van der Waals surface area (Å²) in [5.41, 5.74) is 3.03. The van der Waals surface area contributed by atoms with Gasteiger partial charge in [-0.1, -0.05) is 44.5 Å². The Hall–Kier alpha value is -1.40. The van der Waals surface area contributed by atoms with E-state index in [9.17, 15) is 9.90 Å². The molecule has 4 aliphatic carbocycles. The van der Waals surface area contributed by atoms with E-state index in [4.69, 9.17) is 4.84 Å². The number of aliphatic hydroxyl groups excluding tert-OH is 1. The number of hydrogen-bond donors (Lipinski definition) is 2. The van der Waals surface area contributed by atoms with Gasteiger partial charge in [0.2, 0.25) is 0 Å². The van der Waals surface area contributed by atoms with Crippen LogP contribution in [-0.2, 0) is 4.84 Å². The van der Waals surface area contributed by atoms with Gasteiger partial charge in [-0.15, -0.1) is 0 Å². The molecule has 0 aromatic heterocycles. The molecule has 0 aromatic carbocycles. The molecule has 0 aliphatic heterocycles. The van der Waals surface area contributed by atoms with Crippen molar-refractivity contribution < 1.29 is 14.7 Å². The van der Waals surface area contributed by atoms with Gasteiger partial charge in [-0.05, 0) is 93.8 Å². The Morgan fingerprint density at radius 3 is 2.69 bits per heavy atom. The molecule has 4 aliphatic rings. The number of hydrogen-bond acceptors (Lipinski definition) is 5. The number of amides is 1. The maximum Gasteiger partial charge on any atom is 0.436 e. The molecule has 4 rings (SSSR count). The summed E-state index contributed by atoms with van der Waals surface area (Å²) in [6.45, 7) is 15.2. The summed E-state index contributed by atoms with van der Waals surface area (Å²) >= 11 is 0. The quantitative estimate of drug-likeness (QED) is 0.207. The summed E-state index contributed by atoms with van der Waals surface area (Å²) in [6.07, 6.45) is 10.9. The van der Waals surface area contributed by atoms with Gasteiger partial charge >= 0.3 is 6.09 Å². The standard InChI is InChI=1S/C29H49N3O3/c1-7-32(17-16-30-19(2)3)27(34)35-31-20(4)24-10-11-25-23-9-8-21-18-22(33)12-14-28(21,5)26(23)13-15-29(24,25)6/h18-19,22-26,30,33H,7-17H2,1-6H3/b31-20+/t22-,23+,24-,25+,26+,28+,29-/m1/s1. The zero-order chi connectivity index (χ0) is 25.4. The molecule has 0 saturated heterocycles. The summed E-state index contributed by atoms with van der Waals surface area (Å²) in [7, 11) is 0. The highest BCUT2D eigenvalue weighted by Crippen LogP contribution is 2.66. The molecular weight excluding hydrogens is 438 g/mol. The van der Waals surface area contributed by atoms with Gasteiger partial charge in [-0.3, -0.25) is 4.84 Å². The molecule has 0 heterocycles. The van der Waals surface area contributed by atoms with E-state index < -0.39 is 0 Å². The van der Waals surface area contributed by atoms with Crippen molar-refractivity contribution in [1.82, 2.24) is 10.2 Å². The van der Waals surface area contributed by atoms with Gasteiger partial charge in [0.15, 0.2) is 0 Å². The maximum absolute atomic E-state index is 12.7. The largest absolute Gasteiger partial charge is 0.436 e. The Labute approximate surface area is 212 Å². The molecule has 6 nitrogen and oxygen atoms in total. The third kappa shape index (κ3) is 5.07. The topological polar surface area (TPSA) is 74.2 Å². The van der Waals surface area contributed by atoms with Crippen LogP contribution in [0, 0.1) is 34.5 Å². The molecule has 198 valence electrons. The molecule has 6 heteroatoms. The predicted octanol–water partition coefficient (Wildman–Crippen LogP) is 5.76. The average Bonchev–Trinajstić information content (AvgIpc) is 3.17. The van der Waals surface area contributed by atoms with Gasteiger partial charge in [-0.25, -0.2) is 4.79 Å². The van der Waals surface area contributed by atoms with Crippen LogP contribution in [0.4, 0.5) is 4.79 Å². The Kier molecular flexibility index (Phi) is 8.02. The number of fused-ring (bicyclic) bond motifs is 5. The van der Waals surface area contributed by atoms with Crippen molar-refractivity contribution in [3.63, 3.8) is 0 Å². The second kappa shape index (κ2) is 10.5. The molecule has 0 aromatic rings. The van der Waals surface area contributed by atoms with E-state index in [1.54, 1.807) is 4.90 Å². The first-order valence-electron chi connectivity index (χ1n) is 14.2. The van der Waals surface area contributed by atoms with Crippen molar-refractivity contribution in [2.45, 2.75) is 105 Å². The SMILES string of the molecule is CCN(CCNC(C)C)C(=O)O/N=C(\C)[C@H]1CC[C@H]2[C@@H]3CCC4=C[C@H](O)CC[C@]4(C)[C@H]3CC[C@]12C. The van der Waals surface area contributed by atoms with E-state index in [1.165, 1.54) is 31.3 Å². The second-order valence-corrected chi connectivity index (χ2v) is 12.6. The monoisotopic (exact) mass is 487 g/mol. The first-order valence-corrected chi connectivity index (χ1v) is 14.2. The van der Waals surface area contributed by atoms with Crippen LogP contribution in [0.2, 0.25) is 0 Å². The van der Waals surface area contributed by atoms with Crippen molar-refractivity contribution in [2.24, 2.45) is 39.7 Å². The lowest BCUT2D eigenvalue weighted by Gasteiger charge is -2.58. The van der Waals surface area contributed by atoms with Crippen LogP contribution >= 0.6 is 0 Å². The lowest BCUT2D eigenvalue weighted by atomic mass is 9.46. The fourth-order valence-corrected chi connectivity index (χ4v) is 8.50. The Morgan fingerprint density at radius 1 is 1.20 bits per heavy atom. The number of nitrogens with zero attached hydrogens (tertiary/aromatic N) is 2. The maximum atomic E-state index is 12.7. The van der Waals surface area contributed by atoms with Crippen LogP contribution in [0.1, 0.15) is 92.9 Å². The van der Waals surface area contributed by atoms with E-state index in [0.29, 0.717) is 31.0 Å². The number of nitrogens with one attached hydrogen (secondary N) is 1. The molecule has 0 bridgehead atoms. The number of allylic oxidation sites excluding steroid dienone is 1. The summed E-state index contributed by atoms with van der Waals surface area (Å²) in [6, 6.07) is 0.398. The highest BCUT2D eigenvalue weighted by atomic mass is 16.7. The molecule has 2 N–H and O–H groups in total. The van der Waals surface area contributed by atoms with Gasteiger partial charge in [-0.2, -0.15) is 0 Å². The normalized spacial score (nSPS) is 38.9. The minimum atomic E-state index is -0.347. The number of aliphatic hydroxyl groups is 1. The average molecular weight is 488 g/mol. The fourth-order valence-electron chi connectivity index (χ4n) is 8.50. The smallest absolute Gasteiger partial charge is 0.389 e. The summed E-state index contributed by atoms with van der Waals surface area (Å²) in [4.78, 5) is 19.8. The molecule has 3 fully saturated rings. The van der Waals surface area contributed by atoms with Crippen LogP contribution < -0.4 is 5.32 Å². The minimum Gasteiger partial charge on any atom is -0.389 e. The molecule has 0 unspecified atom stereocenters. The van der Waals surface area contributed by atoms with E-state index in [0.717, 1.165) is 49.8 Å². The first kappa shape index (κ1) is 26.7. The van der Waals surface area contributed by atoms with E-state index in [2.05, 4.69) is 51.2 Å². The Morgan fingerprint density at radius 2 is 1.97 bits per heavy atom. The van der Waals surface area contributed by atoms with Gasteiger partial charge in [0.25, 0.3) is 0 Å². The number of carbonyl (C=O) groups excluding carboxylic acids is 1. The molecule has 35 heavy (non-hydrogen) atoms. The Bertz CT molecular complexity index is 839. The van der Waals surface area contributed by atoms with Crippen molar-refractivity contribution in [3.8, 4) is 0 Å². The highest BCUT2D eigenvalue weighted by molar-refractivity contribution is 5.85. The van der Waals surface area contributed by atoms with Crippen LogP contribution in [0.15, 0.2) is 16.8 Å². The summed E-state index contributed by atoms with van der Waals surface area (Å²) < 4.78 is 0. The molecule has 0 spiro atoms. The first-order chi connectivity index (χ1) is 16.6. The molecule has 0 radical (unpaired) electrons. The van der Waals surface area contributed by atoms with Gasteiger partial charge in [0.05, 0.1) is 11.8 Å². The summed E-state index contributed by atoms with van der Waals surface area (Å²) in [5, 5.41) is 18.0. The molecule has 7 atom stereocenters. The van der Waals surface area contributed by atoms with Crippen LogP contribution in [0.3, 0.4) is 0 Å². The Balaban J connectivity index is 1.41. The lowest BCUT2D eigenvalue weighted by Crippen LogP contribution is -2.51. The van der Waals surface area contributed by atoms with Crippen molar-refractivity contribution in [2.75, 3.05) is 19.6 Å².